The highest BCUT2D eigenvalue weighted by Crippen LogP contribution is 2.28. The number of aryl methyl sites for hydroxylation is 2. The normalized spacial score (nSPS) is 11.1. The van der Waals surface area contributed by atoms with Crippen LogP contribution < -0.4 is 9.30 Å². The lowest BCUT2D eigenvalue weighted by Crippen LogP contribution is -2.35. The number of para-hydroxylation sites is 1. The zero-order valence-corrected chi connectivity index (χ0v) is 13.9. The Balaban J connectivity index is 2.27. The molecular formula is C14H19INOS+. The van der Waals surface area contributed by atoms with Crippen molar-refractivity contribution in [2.24, 2.45) is 0 Å². The number of halogens is 1. The van der Waals surface area contributed by atoms with E-state index in [0.717, 1.165) is 12.3 Å². The summed E-state index contributed by atoms with van der Waals surface area (Å²) in [5, 5.41) is 1.36. The van der Waals surface area contributed by atoms with Gasteiger partial charge in [-0.2, -0.15) is 4.57 Å². The molecule has 2 aromatic rings. The molecule has 0 bridgehead atoms. The van der Waals surface area contributed by atoms with E-state index in [1.165, 1.54) is 38.9 Å². The zero-order valence-electron chi connectivity index (χ0n) is 10.9. The van der Waals surface area contributed by atoms with E-state index in [1.54, 1.807) is 7.11 Å². The highest BCUT2D eigenvalue weighted by molar-refractivity contribution is 14.1. The average molecular weight is 376 g/mol. The van der Waals surface area contributed by atoms with Gasteiger partial charge in [0.1, 0.15) is 11.2 Å². The van der Waals surface area contributed by atoms with Crippen LogP contribution >= 0.6 is 33.9 Å². The Kier molecular flexibility index (Phi) is 5.24. The predicted molar refractivity (Wildman–Crippen MR) is 86.0 cm³/mol. The molecule has 0 fully saturated rings. The number of ether oxygens (including phenoxy) is 1. The smallest absolute Gasteiger partial charge is 0.266 e. The molecule has 1 aromatic carbocycles. The van der Waals surface area contributed by atoms with Crippen LogP contribution in [-0.4, -0.2) is 11.5 Å². The van der Waals surface area contributed by atoms with Crippen LogP contribution in [0.25, 0.3) is 10.2 Å². The zero-order chi connectivity index (χ0) is 13.0. The number of fused-ring (bicyclic) bond motifs is 1. The van der Waals surface area contributed by atoms with Crippen molar-refractivity contribution in [1.82, 2.24) is 0 Å². The maximum atomic E-state index is 5.49. The largest absolute Gasteiger partial charge is 0.490 e. The minimum atomic E-state index is 0.991. The maximum absolute atomic E-state index is 5.49. The molecule has 4 heteroatoms. The van der Waals surface area contributed by atoms with Crippen LogP contribution in [0.2, 0.25) is 0 Å². The summed E-state index contributed by atoms with van der Waals surface area (Å²) in [6, 6.07) is 6.30. The summed E-state index contributed by atoms with van der Waals surface area (Å²) in [5.41, 5.74) is 1.26. The molecule has 0 atom stereocenters. The van der Waals surface area contributed by atoms with E-state index in [2.05, 4.69) is 52.3 Å². The fourth-order valence-corrected chi connectivity index (χ4v) is 3.80. The second kappa shape index (κ2) is 6.70. The molecule has 0 spiro atoms. The van der Waals surface area contributed by atoms with E-state index in [1.807, 2.05) is 11.3 Å². The van der Waals surface area contributed by atoms with Gasteiger partial charge >= 0.3 is 0 Å². The molecule has 1 aromatic heterocycles. The Bertz CT molecular complexity index is 524. The predicted octanol–water partition coefficient (Wildman–Crippen LogP) is 4.11. The van der Waals surface area contributed by atoms with Gasteiger partial charge in [-0.25, -0.2) is 0 Å². The maximum Gasteiger partial charge on any atom is 0.266 e. The van der Waals surface area contributed by atoms with E-state index in [4.69, 9.17) is 4.74 Å². The Morgan fingerprint density at radius 3 is 2.83 bits per heavy atom. The lowest BCUT2D eigenvalue weighted by molar-refractivity contribution is -0.673. The number of benzene rings is 1. The fraction of sp³-hybridized carbons (Fsp3) is 0.500. The quantitative estimate of drug-likeness (QED) is 0.320. The van der Waals surface area contributed by atoms with Crippen molar-refractivity contribution in [2.75, 3.05) is 11.5 Å². The van der Waals surface area contributed by atoms with Crippen molar-refractivity contribution in [3.63, 3.8) is 0 Å². The first-order valence-corrected chi connectivity index (χ1v) is 8.64. The van der Waals surface area contributed by atoms with E-state index in [9.17, 15) is 0 Å². The molecule has 0 saturated carbocycles. The number of rotatable bonds is 6. The van der Waals surface area contributed by atoms with Crippen LogP contribution in [0.4, 0.5) is 0 Å². The Morgan fingerprint density at radius 1 is 1.28 bits per heavy atom. The van der Waals surface area contributed by atoms with E-state index in [0.29, 0.717) is 0 Å². The molecule has 2 nitrogen and oxygen atoms in total. The standard InChI is InChI=1S/C14H19INOS/c1-11-16(10-5-3-4-9-15)14-12(17-2)7-6-8-13(14)18-11/h6-8H,3-5,9-10H2,1-2H3/q+1. The van der Waals surface area contributed by atoms with Gasteiger partial charge in [-0.05, 0) is 29.4 Å². The second-order valence-electron chi connectivity index (χ2n) is 4.33. The van der Waals surface area contributed by atoms with Gasteiger partial charge in [-0.3, -0.25) is 0 Å². The summed E-state index contributed by atoms with van der Waals surface area (Å²) in [6.45, 7) is 3.30. The topological polar surface area (TPSA) is 13.1 Å². The van der Waals surface area contributed by atoms with Crippen LogP contribution in [-0.2, 0) is 6.54 Å². The van der Waals surface area contributed by atoms with Gasteiger partial charge in [0.15, 0.2) is 5.75 Å². The highest BCUT2D eigenvalue weighted by Gasteiger charge is 2.20. The van der Waals surface area contributed by atoms with Crippen LogP contribution in [0.1, 0.15) is 24.3 Å². The summed E-state index contributed by atoms with van der Waals surface area (Å²) in [5.74, 6) is 0.991. The summed E-state index contributed by atoms with van der Waals surface area (Å²) in [7, 11) is 1.75. The number of alkyl halides is 1. The molecule has 0 aliphatic heterocycles. The summed E-state index contributed by atoms with van der Waals surface area (Å²) < 4.78 is 10.5. The van der Waals surface area contributed by atoms with Gasteiger partial charge in [-0.1, -0.05) is 40.0 Å². The molecule has 0 saturated heterocycles. The SMILES string of the molecule is COc1cccc2sc(C)[n+](CCCCCI)c12. The third kappa shape index (κ3) is 2.96. The monoisotopic (exact) mass is 376 g/mol. The molecule has 0 amide bonds. The number of nitrogens with zero attached hydrogens (tertiary/aromatic N) is 1. The van der Waals surface area contributed by atoms with Gasteiger partial charge in [-0.15, -0.1) is 0 Å². The number of unbranched alkanes of at least 4 members (excludes halogenated alkanes) is 2. The molecule has 0 aliphatic rings. The Labute approximate surface area is 126 Å². The minimum Gasteiger partial charge on any atom is -0.490 e. The number of hydrogen-bond acceptors (Lipinski definition) is 2. The number of hydrogen-bond donors (Lipinski definition) is 0. The Hall–Kier alpha value is -0.360. The summed E-state index contributed by atoms with van der Waals surface area (Å²) >= 11 is 4.30. The second-order valence-corrected chi connectivity index (χ2v) is 6.64. The molecule has 0 unspecified atom stereocenters. The molecule has 98 valence electrons. The Morgan fingerprint density at radius 2 is 2.11 bits per heavy atom. The first kappa shape index (κ1) is 14.1. The highest BCUT2D eigenvalue weighted by atomic mass is 127. The van der Waals surface area contributed by atoms with Crippen molar-refractivity contribution < 1.29 is 9.30 Å². The van der Waals surface area contributed by atoms with E-state index < -0.39 is 0 Å². The average Bonchev–Trinajstić information content (AvgIpc) is 2.70. The number of aromatic nitrogens is 1. The molecule has 18 heavy (non-hydrogen) atoms. The van der Waals surface area contributed by atoms with Gasteiger partial charge in [0, 0.05) is 13.3 Å². The van der Waals surface area contributed by atoms with Crippen molar-refractivity contribution in [1.29, 1.82) is 0 Å². The van der Waals surface area contributed by atoms with E-state index in [-0.39, 0.29) is 0 Å². The minimum absolute atomic E-state index is 0.991. The van der Waals surface area contributed by atoms with Gasteiger partial charge in [0.25, 0.3) is 5.52 Å². The summed E-state index contributed by atoms with van der Waals surface area (Å²) in [4.78, 5) is 0. The van der Waals surface area contributed by atoms with Crippen LogP contribution in [0, 0.1) is 6.92 Å². The van der Waals surface area contributed by atoms with Crippen molar-refractivity contribution in [3.05, 3.63) is 23.2 Å². The molecule has 2 rings (SSSR count). The third-order valence-corrected chi connectivity index (χ3v) is 4.93. The van der Waals surface area contributed by atoms with Gasteiger partial charge < -0.3 is 4.74 Å². The van der Waals surface area contributed by atoms with Crippen LogP contribution in [0.5, 0.6) is 5.75 Å². The molecular weight excluding hydrogens is 357 g/mol. The van der Waals surface area contributed by atoms with Gasteiger partial charge in [0.2, 0.25) is 5.01 Å². The first-order valence-electron chi connectivity index (χ1n) is 6.30. The lowest BCUT2D eigenvalue weighted by Gasteiger charge is -2.01. The van der Waals surface area contributed by atoms with Crippen molar-refractivity contribution in [3.8, 4) is 5.75 Å². The van der Waals surface area contributed by atoms with Crippen molar-refractivity contribution >= 4 is 44.1 Å². The van der Waals surface area contributed by atoms with Gasteiger partial charge in [0.05, 0.1) is 7.11 Å². The van der Waals surface area contributed by atoms with Crippen LogP contribution in [0.15, 0.2) is 18.2 Å². The molecule has 0 N–H and O–H groups in total. The van der Waals surface area contributed by atoms with Crippen molar-refractivity contribution in [2.45, 2.75) is 32.7 Å². The summed E-state index contributed by atoms with van der Waals surface area (Å²) in [6.07, 6.45) is 3.87. The fourth-order valence-electron chi connectivity index (χ4n) is 2.20. The number of thiazole rings is 1. The van der Waals surface area contributed by atoms with E-state index >= 15 is 0 Å². The third-order valence-electron chi connectivity index (χ3n) is 3.10. The molecule has 0 radical (unpaired) electrons. The van der Waals surface area contributed by atoms with Crippen LogP contribution in [0.3, 0.4) is 0 Å². The first-order chi connectivity index (χ1) is 8.77. The number of methoxy groups -OCH3 is 1. The lowest BCUT2D eigenvalue weighted by atomic mass is 10.2. The molecule has 1 heterocycles. The molecule has 0 aliphatic carbocycles.